The monoisotopic (exact) mass is 357 g/mol. The number of hydrogen-bond donors (Lipinski definition) is 2. The number of aromatic nitrogens is 1. The summed E-state index contributed by atoms with van der Waals surface area (Å²) in [5.74, 6) is 0.584. The smallest absolute Gasteiger partial charge is 0.0583 e. The van der Waals surface area contributed by atoms with Crippen LogP contribution in [0.15, 0.2) is 29.6 Å². The standard InChI is InChI=1S/C21H31N3O2/c1-14-8-17(15(2)24-11-14)19(22)10-18(21(3)12-26-13-21)20(23)9-16-4-6-25-7-5-16/h8,10-11,16H,4-7,9,12-13,22-23H2,1-3H3/b19-10-,20-18+. The van der Waals surface area contributed by atoms with Gasteiger partial charge in [0, 0.05) is 47.5 Å². The largest absolute Gasteiger partial charge is 0.402 e. The third-order valence-electron chi connectivity index (χ3n) is 5.52. The van der Waals surface area contributed by atoms with Crippen LogP contribution in [0.5, 0.6) is 0 Å². The fourth-order valence-corrected chi connectivity index (χ4v) is 3.75. The van der Waals surface area contributed by atoms with Gasteiger partial charge in [0.2, 0.25) is 0 Å². The molecule has 0 radical (unpaired) electrons. The van der Waals surface area contributed by atoms with Gasteiger partial charge in [0.25, 0.3) is 0 Å². The normalized spacial score (nSPS) is 21.9. The van der Waals surface area contributed by atoms with Crippen LogP contribution in [-0.4, -0.2) is 31.4 Å². The lowest BCUT2D eigenvalue weighted by Gasteiger charge is -2.40. The van der Waals surface area contributed by atoms with Crippen molar-refractivity contribution in [1.82, 2.24) is 4.98 Å². The van der Waals surface area contributed by atoms with Gasteiger partial charge in [0.05, 0.1) is 13.2 Å². The van der Waals surface area contributed by atoms with E-state index in [2.05, 4.69) is 24.1 Å². The molecule has 26 heavy (non-hydrogen) atoms. The molecule has 3 rings (SSSR count). The minimum atomic E-state index is -0.0645. The second-order valence-corrected chi connectivity index (χ2v) is 8.00. The van der Waals surface area contributed by atoms with Gasteiger partial charge in [0.15, 0.2) is 0 Å². The molecule has 5 nitrogen and oxygen atoms in total. The predicted molar refractivity (Wildman–Crippen MR) is 104 cm³/mol. The summed E-state index contributed by atoms with van der Waals surface area (Å²) in [4.78, 5) is 4.44. The molecule has 2 aliphatic heterocycles. The average molecular weight is 357 g/mol. The van der Waals surface area contributed by atoms with E-state index in [4.69, 9.17) is 20.9 Å². The SMILES string of the molecule is Cc1cnc(C)c(/C(N)=C/C(=C(\N)CC2CCOCC2)C2(C)COC2)c1. The van der Waals surface area contributed by atoms with E-state index in [0.29, 0.717) is 19.1 Å². The van der Waals surface area contributed by atoms with Crippen molar-refractivity contribution in [2.75, 3.05) is 26.4 Å². The molecule has 0 aliphatic carbocycles. The van der Waals surface area contributed by atoms with Crippen LogP contribution in [0.3, 0.4) is 0 Å². The van der Waals surface area contributed by atoms with Crippen LogP contribution in [0.4, 0.5) is 0 Å². The van der Waals surface area contributed by atoms with E-state index in [1.54, 1.807) is 0 Å². The molecule has 0 saturated carbocycles. The summed E-state index contributed by atoms with van der Waals surface area (Å²) in [5, 5.41) is 0. The lowest BCUT2D eigenvalue weighted by atomic mass is 9.77. The molecule has 0 aromatic carbocycles. The minimum Gasteiger partial charge on any atom is -0.402 e. The maximum atomic E-state index is 6.61. The van der Waals surface area contributed by atoms with Gasteiger partial charge in [0.1, 0.15) is 0 Å². The first-order chi connectivity index (χ1) is 12.4. The van der Waals surface area contributed by atoms with Crippen molar-refractivity contribution in [2.24, 2.45) is 22.8 Å². The van der Waals surface area contributed by atoms with Crippen LogP contribution in [0.2, 0.25) is 0 Å². The van der Waals surface area contributed by atoms with Gasteiger partial charge in [-0.25, -0.2) is 0 Å². The first-order valence-corrected chi connectivity index (χ1v) is 9.44. The Bertz CT molecular complexity index is 714. The van der Waals surface area contributed by atoms with Crippen molar-refractivity contribution in [2.45, 2.75) is 40.0 Å². The number of aryl methyl sites for hydroxylation is 2. The number of rotatable bonds is 5. The van der Waals surface area contributed by atoms with Crippen LogP contribution >= 0.6 is 0 Å². The van der Waals surface area contributed by atoms with E-state index in [-0.39, 0.29) is 5.41 Å². The second kappa shape index (κ2) is 7.80. The molecule has 5 heteroatoms. The molecule has 2 saturated heterocycles. The van der Waals surface area contributed by atoms with Gasteiger partial charge in [-0.2, -0.15) is 0 Å². The van der Waals surface area contributed by atoms with E-state index >= 15 is 0 Å². The van der Waals surface area contributed by atoms with Gasteiger partial charge in [-0.15, -0.1) is 0 Å². The van der Waals surface area contributed by atoms with Crippen molar-refractivity contribution >= 4 is 5.70 Å². The van der Waals surface area contributed by atoms with Gasteiger partial charge >= 0.3 is 0 Å². The minimum absolute atomic E-state index is 0.0645. The Morgan fingerprint density at radius 2 is 1.92 bits per heavy atom. The molecule has 3 heterocycles. The molecule has 0 atom stereocenters. The summed E-state index contributed by atoms with van der Waals surface area (Å²) in [7, 11) is 0. The van der Waals surface area contributed by atoms with Gasteiger partial charge in [-0.3, -0.25) is 4.98 Å². The van der Waals surface area contributed by atoms with Crippen molar-refractivity contribution in [3.8, 4) is 0 Å². The molecule has 1 aromatic rings. The highest BCUT2D eigenvalue weighted by Crippen LogP contribution is 2.39. The zero-order chi connectivity index (χ0) is 18.7. The Morgan fingerprint density at radius 3 is 2.54 bits per heavy atom. The first kappa shape index (κ1) is 18.9. The highest BCUT2D eigenvalue weighted by atomic mass is 16.5. The maximum Gasteiger partial charge on any atom is 0.0583 e. The average Bonchev–Trinajstić information content (AvgIpc) is 2.60. The molecule has 2 fully saturated rings. The van der Waals surface area contributed by atoms with Crippen molar-refractivity contribution in [3.05, 3.63) is 46.4 Å². The lowest BCUT2D eigenvalue weighted by Crippen LogP contribution is -2.42. The van der Waals surface area contributed by atoms with Crippen LogP contribution in [-0.2, 0) is 9.47 Å². The zero-order valence-electron chi connectivity index (χ0n) is 16.2. The fourth-order valence-electron chi connectivity index (χ4n) is 3.75. The van der Waals surface area contributed by atoms with Crippen molar-refractivity contribution in [1.29, 1.82) is 0 Å². The Morgan fingerprint density at radius 1 is 1.23 bits per heavy atom. The Hall–Kier alpha value is -1.85. The van der Waals surface area contributed by atoms with Gasteiger partial charge in [-0.1, -0.05) is 6.92 Å². The topological polar surface area (TPSA) is 83.4 Å². The Labute approximate surface area is 156 Å². The lowest BCUT2D eigenvalue weighted by molar-refractivity contribution is -0.0765. The number of ether oxygens (including phenoxy) is 2. The molecule has 0 unspecified atom stereocenters. The summed E-state index contributed by atoms with van der Waals surface area (Å²) >= 11 is 0. The zero-order valence-corrected chi connectivity index (χ0v) is 16.2. The Kier molecular flexibility index (Phi) is 5.68. The molecule has 2 aliphatic rings. The summed E-state index contributed by atoms with van der Waals surface area (Å²) < 4.78 is 11.0. The van der Waals surface area contributed by atoms with Crippen molar-refractivity contribution < 1.29 is 9.47 Å². The molecular formula is C21H31N3O2. The molecular weight excluding hydrogens is 326 g/mol. The maximum absolute atomic E-state index is 6.61. The third-order valence-corrected chi connectivity index (χ3v) is 5.52. The summed E-state index contributed by atoms with van der Waals surface area (Å²) in [5.41, 5.74) is 18.8. The molecule has 142 valence electrons. The number of hydrogen-bond acceptors (Lipinski definition) is 5. The van der Waals surface area contributed by atoms with E-state index in [0.717, 1.165) is 66.3 Å². The number of nitrogens with zero attached hydrogens (tertiary/aromatic N) is 1. The van der Waals surface area contributed by atoms with E-state index in [1.807, 2.05) is 20.0 Å². The van der Waals surface area contributed by atoms with Gasteiger partial charge < -0.3 is 20.9 Å². The van der Waals surface area contributed by atoms with Gasteiger partial charge in [-0.05, 0) is 62.3 Å². The third kappa shape index (κ3) is 4.10. The first-order valence-electron chi connectivity index (χ1n) is 9.44. The molecule has 4 N–H and O–H groups in total. The summed E-state index contributed by atoms with van der Waals surface area (Å²) in [6.45, 7) is 9.25. The molecule has 0 amide bonds. The quantitative estimate of drug-likeness (QED) is 0.791. The van der Waals surface area contributed by atoms with E-state index < -0.39 is 0 Å². The predicted octanol–water partition coefficient (Wildman–Crippen LogP) is 3.06. The number of allylic oxidation sites excluding steroid dienone is 2. The molecule has 1 aromatic heterocycles. The number of nitrogens with two attached hydrogens (primary N) is 2. The highest BCUT2D eigenvalue weighted by molar-refractivity contribution is 5.68. The van der Waals surface area contributed by atoms with E-state index in [9.17, 15) is 0 Å². The summed E-state index contributed by atoms with van der Waals surface area (Å²) in [6, 6.07) is 2.08. The molecule has 0 bridgehead atoms. The second-order valence-electron chi connectivity index (χ2n) is 8.00. The summed E-state index contributed by atoms with van der Waals surface area (Å²) in [6.07, 6.45) is 6.95. The molecule has 0 spiro atoms. The fraction of sp³-hybridized carbons (Fsp3) is 0.571. The van der Waals surface area contributed by atoms with Crippen LogP contribution in [0, 0.1) is 25.2 Å². The van der Waals surface area contributed by atoms with Crippen LogP contribution < -0.4 is 11.5 Å². The number of pyridine rings is 1. The van der Waals surface area contributed by atoms with Crippen molar-refractivity contribution in [3.63, 3.8) is 0 Å². The van der Waals surface area contributed by atoms with Crippen LogP contribution in [0.25, 0.3) is 5.70 Å². The van der Waals surface area contributed by atoms with E-state index in [1.165, 1.54) is 0 Å². The van der Waals surface area contributed by atoms with Crippen LogP contribution in [0.1, 0.15) is 43.0 Å². The Balaban J connectivity index is 1.93. The highest BCUT2D eigenvalue weighted by Gasteiger charge is 2.38.